The largest absolute Gasteiger partial charge is 0.495 e. The van der Waals surface area contributed by atoms with E-state index in [0.29, 0.717) is 5.75 Å². The van der Waals surface area contributed by atoms with Crippen LogP contribution in [0.4, 0.5) is 13.2 Å². The van der Waals surface area contributed by atoms with Crippen molar-refractivity contribution in [2.75, 3.05) is 7.11 Å². The number of nitrogens with one attached hydrogen (secondary N) is 1. The summed E-state index contributed by atoms with van der Waals surface area (Å²) in [6.45, 7) is 0. The van der Waals surface area contributed by atoms with Gasteiger partial charge in [0.2, 0.25) is 5.82 Å². The van der Waals surface area contributed by atoms with E-state index in [4.69, 9.17) is 4.74 Å². The number of hydrogen-bond donors (Lipinski definition) is 1. The summed E-state index contributed by atoms with van der Waals surface area (Å²) < 4.78 is 42.5. The molecule has 0 saturated carbocycles. The first kappa shape index (κ1) is 13.1. The molecule has 2 rings (SSSR count). The van der Waals surface area contributed by atoms with Crippen molar-refractivity contribution >= 4 is 0 Å². The number of halogens is 3. The van der Waals surface area contributed by atoms with E-state index in [1.54, 1.807) is 4.98 Å². The fourth-order valence-corrected chi connectivity index (χ4v) is 1.41. The van der Waals surface area contributed by atoms with E-state index in [-0.39, 0.29) is 11.3 Å². The van der Waals surface area contributed by atoms with Crippen molar-refractivity contribution in [1.29, 1.82) is 0 Å². The molecule has 8 heteroatoms. The van der Waals surface area contributed by atoms with E-state index in [1.165, 1.54) is 25.6 Å². The van der Waals surface area contributed by atoms with Crippen LogP contribution in [0.25, 0.3) is 11.3 Å². The number of aromatic amines is 1. The van der Waals surface area contributed by atoms with Gasteiger partial charge in [0.15, 0.2) is 0 Å². The molecular formula is C11H8F3N3O2. The van der Waals surface area contributed by atoms with Crippen LogP contribution in [-0.2, 0) is 6.18 Å². The molecule has 0 aliphatic heterocycles. The number of methoxy groups -OCH3 is 1. The molecule has 0 aromatic carbocycles. The molecule has 0 radical (unpaired) electrons. The number of alkyl halides is 3. The minimum atomic E-state index is -4.72. The van der Waals surface area contributed by atoms with Gasteiger partial charge in [-0.05, 0) is 6.07 Å². The van der Waals surface area contributed by atoms with Crippen molar-refractivity contribution in [2.24, 2.45) is 0 Å². The minimum absolute atomic E-state index is 0.123. The highest BCUT2D eigenvalue weighted by molar-refractivity contribution is 5.59. The third-order valence-electron chi connectivity index (χ3n) is 2.25. The summed E-state index contributed by atoms with van der Waals surface area (Å²) in [5, 5.41) is 0. The maximum atomic E-state index is 12.5. The SMILES string of the molecule is COc1cncc(-c2cc(=O)[nH]c(C(F)(F)F)n2)c1. The number of pyridine rings is 1. The summed E-state index contributed by atoms with van der Waals surface area (Å²) in [6.07, 6.45) is -2.03. The molecule has 2 heterocycles. The molecule has 19 heavy (non-hydrogen) atoms. The Morgan fingerprint density at radius 2 is 2.00 bits per heavy atom. The summed E-state index contributed by atoms with van der Waals surface area (Å²) in [6, 6.07) is 2.40. The van der Waals surface area contributed by atoms with Gasteiger partial charge in [-0.1, -0.05) is 0 Å². The van der Waals surface area contributed by atoms with Gasteiger partial charge < -0.3 is 9.72 Å². The van der Waals surface area contributed by atoms with Crippen LogP contribution in [0.1, 0.15) is 5.82 Å². The molecule has 0 aliphatic carbocycles. The van der Waals surface area contributed by atoms with E-state index in [1.807, 2.05) is 0 Å². The van der Waals surface area contributed by atoms with Gasteiger partial charge in [-0.3, -0.25) is 9.78 Å². The van der Waals surface area contributed by atoms with Gasteiger partial charge in [-0.2, -0.15) is 13.2 Å². The van der Waals surface area contributed by atoms with Gasteiger partial charge in [0.25, 0.3) is 5.56 Å². The standard InChI is InChI=1S/C11H8F3N3O2/c1-19-7-2-6(4-15-5-7)8-3-9(18)17-10(16-8)11(12,13)14/h2-5H,1H3,(H,16,17,18). The Balaban J connectivity index is 2.56. The first-order valence-electron chi connectivity index (χ1n) is 5.08. The lowest BCUT2D eigenvalue weighted by Gasteiger charge is -2.07. The van der Waals surface area contributed by atoms with Gasteiger partial charge in [0.05, 0.1) is 19.0 Å². The Kier molecular flexibility index (Phi) is 3.24. The maximum Gasteiger partial charge on any atom is 0.449 e. The minimum Gasteiger partial charge on any atom is -0.495 e. The zero-order chi connectivity index (χ0) is 14.0. The highest BCUT2D eigenvalue weighted by atomic mass is 19.4. The van der Waals surface area contributed by atoms with Gasteiger partial charge in [0.1, 0.15) is 5.75 Å². The highest BCUT2D eigenvalue weighted by Gasteiger charge is 2.34. The Bertz CT molecular complexity index is 652. The van der Waals surface area contributed by atoms with E-state index < -0.39 is 17.6 Å². The van der Waals surface area contributed by atoms with Crippen LogP contribution in [-0.4, -0.2) is 22.1 Å². The molecule has 0 atom stereocenters. The zero-order valence-corrected chi connectivity index (χ0v) is 9.65. The van der Waals surface area contributed by atoms with Crippen molar-refractivity contribution in [3.8, 4) is 17.0 Å². The number of H-pyrrole nitrogens is 1. The van der Waals surface area contributed by atoms with Crippen molar-refractivity contribution in [3.63, 3.8) is 0 Å². The molecule has 5 nitrogen and oxygen atoms in total. The molecule has 0 fully saturated rings. The summed E-state index contributed by atoms with van der Waals surface area (Å²) in [5.74, 6) is -0.994. The maximum absolute atomic E-state index is 12.5. The normalized spacial score (nSPS) is 11.4. The average molecular weight is 271 g/mol. The third kappa shape index (κ3) is 2.90. The second-order valence-corrected chi connectivity index (χ2v) is 3.59. The average Bonchev–Trinajstić information content (AvgIpc) is 2.37. The Morgan fingerprint density at radius 1 is 1.26 bits per heavy atom. The molecule has 0 amide bonds. The van der Waals surface area contributed by atoms with Crippen LogP contribution >= 0.6 is 0 Å². The zero-order valence-electron chi connectivity index (χ0n) is 9.65. The summed E-state index contributed by atoms with van der Waals surface area (Å²) in [7, 11) is 1.40. The predicted octanol–water partition coefficient (Wildman–Crippen LogP) is 1.86. The number of nitrogens with zero attached hydrogens (tertiary/aromatic N) is 2. The molecule has 0 spiro atoms. The van der Waals surface area contributed by atoms with Crippen LogP contribution in [0.2, 0.25) is 0 Å². The summed E-state index contributed by atoms with van der Waals surface area (Å²) in [4.78, 5) is 20.1. The number of aromatic nitrogens is 3. The van der Waals surface area contributed by atoms with Crippen LogP contribution < -0.4 is 10.3 Å². The van der Waals surface area contributed by atoms with Gasteiger partial charge >= 0.3 is 6.18 Å². The summed E-state index contributed by atoms with van der Waals surface area (Å²) in [5.41, 5.74) is -0.751. The molecule has 2 aromatic heterocycles. The van der Waals surface area contributed by atoms with Crippen molar-refractivity contribution in [2.45, 2.75) is 6.18 Å². The molecule has 1 N–H and O–H groups in total. The smallest absolute Gasteiger partial charge is 0.449 e. The first-order valence-corrected chi connectivity index (χ1v) is 5.08. The monoisotopic (exact) mass is 271 g/mol. The predicted molar refractivity (Wildman–Crippen MR) is 59.6 cm³/mol. The van der Waals surface area contributed by atoms with E-state index in [9.17, 15) is 18.0 Å². The van der Waals surface area contributed by atoms with E-state index >= 15 is 0 Å². The number of ether oxygens (including phenoxy) is 1. The fourth-order valence-electron chi connectivity index (χ4n) is 1.41. The second-order valence-electron chi connectivity index (χ2n) is 3.59. The quantitative estimate of drug-likeness (QED) is 0.905. The fraction of sp³-hybridized carbons (Fsp3) is 0.182. The molecule has 0 aliphatic rings. The summed E-state index contributed by atoms with van der Waals surface area (Å²) >= 11 is 0. The second kappa shape index (κ2) is 4.71. The van der Waals surface area contributed by atoms with Crippen LogP contribution in [0.5, 0.6) is 5.75 Å². The molecular weight excluding hydrogens is 263 g/mol. The van der Waals surface area contributed by atoms with Crippen molar-refractivity contribution in [3.05, 3.63) is 40.7 Å². The molecule has 0 bridgehead atoms. The topological polar surface area (TPSA) is 67.9 Å². The lowest BCUT2D eigenvalue weighted by Crippen LogP contribution is -2.18. The van der Waals surface area contributed by atoms with E-state index in [0.717, 1.165) is 6.07 Å². The molecule has 2 aromatic rings. The first-order chi connectivity index (χ1) is 8.90. The van der Waals surface area contributed by atoms with Crippen LogP contribution in [0, 0.1) is 0 Å². The highest BCUT2D eigenvalue weighted by Crippen LogP contribution is 2.27. The Labute approximate surface area is 105 Å². The van der Waals surface area contributed by atoms with Gasteiger partial charge in [-0.15, -0.1) is 0 Å². The lowest BCUT2D eigenvalue weighted by atomic mass is 10.2. The third-order valence-corrected chi connectivity index (χ3v) is 2.25. The van der Waals surface area contributed by atoms with Crippen molar-refractivity contribution < 1.29 is 17.9 Å². The number of rotatable bonds is 2. The van der Waals surface area contributed by atoms with Crippen LogP contribution in [0.3, 0.4) is 0 Å². The molecule has 0 unspecified atom stereocenters. The van der Waals surface area contributed by atoms with E-state index in [2.05, 4.69) is 9.97 Å². The Hall–Kier alpha value is -2.38. The van der Waals surface area contributed by atoms with Crippen LogP contribution in [0.15, 0.2) is 29.3 Å². The molecule has 100 valence electrons. The Morgan fingerprint density at radius 3 is 2.63 bits per heavy atom. The lowest BCUT2D eigenvalue weighted by molar-refractivity contribution is -0.145. The van der Waals surface area contributed by atoms with Gasteiger partial charge in [-0.25, -0.2) is 4.98 Å². The number of hydrogen-bond acceptors (Lipinski definition) is 4. The van der Waals surface area contributed by atoms with Gasteiger partial charge in [0, 0.05) is 17.8 Å². The van der Waals surface area contributed by atoms with Crippen molar-refractivity contribution in [1.82, 2.24) is 15.0 Å². The molecule has 0 saturated heterocycles.